The first-order valence-electron chi connectivity index (χ1n) is 10.1. The molecule has 2 aromatic rings. The highest BCUT2D eigenvalue weighted by Crippen LogP contribution is 2.31. The second-order valence-corrected chi connectivity index (χ2v) is 8.05. The quantitative estimate of drug-likeness (QED) is 0.577. The van der Waals surface area contributed by atoms with Crippen LogP contribution in [0.2, 0.25) is 5.02 Å². The van der Waals surface area contributed by atoms with Crippen LogP contribution in [0.4, 0.5) is 25.0 Å². The molecule has 1 unspecified atom stereocenters. The van der Waals surface area contributed by atoms with Crippen LogP contribution < -0.4 is 15.4 Å². The molecule has 0 spiro atoms. The number of nitrogens with zero attached hydrogens (tertiary/aromatic N) is 1. The third-order valence-corrected chi connectivity index (χ3v) is 5.28. The molecule has 1 atom stereocenters. The first-order chi connectivity index (χ1) is 15.2. The second-order valence-electron chi connectivity index (χ2n) is 7.65. The molecule has 1 aliphatic heterocycles. The van der Waals surface area contributed by atoms with Crippen LogP contribution in [0.15, 0.2) is 30.3 Å². The van der Waals surface area contributed by atoms with Gasteiger partial charge in [-0.15, -0.1) is 0 Å². The van der Waals surface area contributed by atoms with E-state index >= 15 is 0 Å². The third kappa shape index (κ3) is 5.28. The van der Waals surface area contributed by atoms with Gasteiger partial charge in [0, 0.05) is 12.6 Å². The van der Waals surface area contributed by atoms with Crippen molar-refractivity contribution in [1.82, 2.24) is 4.90 Å². The number of carbonyl (C=O) groups is 2. The summed E-state index contributed by atoms with van der Waals surface area (Å²) in [5, 5.41) is 14.2. The lowest BCUT2D eigenvalue weighted by atomic mass is 10.1. The Morgan fingerprint density at radius 1 is 1.25 bits per heavy atom. The molecule has 3 N–H and O–H groups in total. The van der Waals surface area contributed by atoms with Gasteiger partial charge >= 0.3 is 6.03 Å². The Bertz CT molecular complexity index is 999. The van der Waals surface area contributed by atoms with Crippen LogP contribution >= 0.6 is 11.6 Å². The summed E-state index contributed by atoms with van der Waals surface area (Å²) >= 11 is 5.95. The lowest BCUT2D eigenvalue weighted by molar-refractivity contribution is 0.102. The predicted octanol–water partition coefficient (Wildman–Crippen LogP) is 4.65. The van der Waals surface area contributed by atoms with E-state index < -0.39 is 23.6 Å². The normalized spacial score (nSPS) is 15.7. The third-order valence-electron chi connectivity index (χ3n) is 4.97. The summed E-state index contributed by atoms with van der Waals surface area (Å²) in [5.74, 6) is -2.45. The van der Waals surface area contributed by atoms with Crippen LogP contribution in [0, 0.1) is 11.6 Å². The van der Waals surface area contributed by atoms with Crippen molar-refractivity contribution >= 4 is 34.9 Å². The van der Waals surface area contributed by atoms with Crippen LogP contribution in [0.25, 0.3) is 0 Å². The summed E-state index contributed by atoms with van der Waals surface area (Å²) in [7, 11) is 0. The minimum atomic E-state index is -0.876. The molecule has 1 heterocycles. The molecule has 172 valence electrons. The van der Waals surface area contributed by atoms with Crippen LogP contribution in [0.3, 0.4) is 0 Å². The van der Waals surface area contributed by atoms with E-state index in [4.69, 9.17) is 16.3 Å². The molecule has 10 heteroatoms. The second kappa shape index (κ2) is 10.1. The fraction of sp³-hybridized carbons (Fsp3) is 0.364. The number of nitrogens with one attached hydrogen (secondary N) is 2. The zero-order valence-corrected chi connectivity index (χ0v) is 18.4. The smallest absolute Gasteiger partial charge is 0.322 e. The Labute approximate surface area is 189 Å². The zero-order chi connectivity index (χ0) is 23.4. The number of benzene rings is 2. The molecule has 3 rings (SSSR count). The highest BCUT2D eigenvalue weighted by atomic mass is 35.5. The monoisotopic (exact) mass is 467 g/mol. The van der Waals surface area contributed by atoms with E-state index in [0.29, 0.717) is 13.0 Å². The molecule has 0 radical (unpaired) electrons. The Hall–Kier alpha value is -2.91. The average Bonchev–Trinajstić information content (AvgIpc) is 3.21. The van der Waals surface area contributed by atoms with E-state index in [9.17, 15) is 23.5 Å². The topological polar surface area (TPSA) is 90.9 Å². The minimum absolute atomic E-state index is 0.00166. The Morgan fingerprint density at radius 3 is 2.66 bits per heavy atom. The molecule has 0 bridgehead atoms. The first-order valence-corrected chi connectivity index (χ1v) is 10.5. The fourth-order valence-electron chi connectivity index (χ4n) is 3.46. The number of likely N-dealkylation sites (tertiary alicyclic amines) is 1. The zero-order valence-electron chi connectivity index (χ0n) is 17.6. The molecule has 32 heavy (non-hydrogen) atoms. The van der Waals surface area contributed by atoms with Crippen molar-refractivity contribution in [3.8, 4) is 5.75 Å². The molecule has 1 fully saturated rings. The van der Waals surface area contributed by atoms with Crippen molar-refractivity contribution in [3.63, 3.8) is 0 Å². The molecule has 2 aromatic carbocycles. The van der Waals surface area contributed by atoms with Gasteiger partial charge in [-0.2, -0.15) is 0 Å². The van der Waals surface area contributed by atoms with Crippen molar-refractivity contribution in [2.75, 3.05) is 23.8 Å². The summed E-state index contributed by atoms with van der Waals surface area (Å²) in [6, 6.07) is 5.14. The maximum Gasteiger partial charge on any atom is 0.322 e. The largest absolute Gasteiger partial charge is 0.490 e. The minimum Gasteiger partial charge on any atom is -0.490 e. The number of aliphatic hydroxyl groups is 1. The van der Waals surface area contributed by atoms with E-state index in [2.05, 4.69) is 10.6 Å². The van der Waals surface area contributed by atoms with Gasteiger partial charge in [-0.25, -0.2) is 13.6 Å². The molecule has 0 saturated carbocycles. The molecular weight excluding hydrogens is 444 g/mol. The van der Waals surface area contributed by atoms with Crippen LogP contribution in [-0.4, -0.2) is 47.2 Å². The summed E-state index contributed by atoms with van der Waals surface area (Å²) in [5.41, 5.74) is -0.617. The lowest BCUT2D eigenvalue weighted by Crippen LogP contribution is -2.40. The number of amides is 3. The SMILES string of the molecule is CC(C)Oc1cc(NC(=O)N2CCCC2CO)c(F)cc1C(=O)Nc1c(F)cccc1Cl. The number of urea groups is 1. The van der Waals surface area contributed by atoms with Gasteiger partial charge in [0.1, 0.15) is 17.4 Å². The Morgan fingerprint density at radius 2 is 2.00 bits per heavy atom. The van der Waals surface area contributed by atoms with Gasteiger partial charge in [-0.3, -0.25) is 4.79 Å². The number of aliphatic hydroxyl groups excluding tert-OH is 1. The number of carbonyl (C=O) groups excluding carboxylic acids is 2. The molecule has 1 saturated heterocycles. The first kappa shape index (κ1) is 23.7. The van der Waals surface area contributed by atoms with Gasteiger partial charge in [0.05, 0.1) is 40.7 Å². The Balaban J connectivity index is 1.89. The van der Waals surface area contributed by atoms with Crippen LogP contribution in [0.1, 0.15) is 37.0 Å². The van der Waals surface area contributed by atoms with Gasteiger partial charge in [0.15, 0.2) is 0 Å². The summed E-state index contributed by atoms with van der Waals surface area (Å²) < 4.78 is 34.5. The standard InChI is InChI=1S/C22H24ClF2N3O4/c1-12(2)32-19-10-18(26-22(31)28-8-4-5-13(28)11-29)17(25)9-14(19)21(30)27-20-15(23)6-3-7-16(20)24/h3,6-7,9-10,12-13,29H,4-5,8,11H2,1-2H3,(H,26,31)(H,27,30). The highest BCUT2D eigenvalue weighted by molar-refractivity contribution is 6.34. The summed E-state index contributed by atoms with van der Waals surface area (Å²) in [6.45, 7) is 3.69. The van der Waals surface area contributed by atoms with Crippen LogP contribution in [-0.2, 0) is 0 Å². The van der Waals surface area contributed by atoms with Crippen molar-refractivity contribution in [3.05, 3.63) is 52.6 Å². The summed E-state index contributed by atoms with van der Waals surface area (Å²) in [4.78, 5) is 26.8. The molecule has 0 aromatic heterocycles. The molecule has 7 nitrogen and oxygen atoms in total. The Kier molecular flexibility index (Phi) is 7.52. The van der Waals surface area contributed by atoms with Gasteiger partial charge in [-0.05, 0) is 44.9 Å². The molecular formula is C22H24ClF2N3O4. The van der Waals surface area contributed by atoms with Gasteiger partial charge in [-0.1, -0.05) is 17.7 Å². The molecule has 1 aliphatic rings. The highest BCUT2D eigenvalue weighted by Gasteiger charge is 2.29. The number of hydrogen-bond donors (Lipinski definition) is 3. The number of hydrogen-bond acceptors (Lipinski definition) is 4. The summed E-state index contributed by atoms with van der Waals surface area (Å²) in [6.07, 6.45) is 1.02. The van der Waals surface area contributed by atoms with E-state index in [1.807, 2.05) is 0 Å². The van der Waals surface area contributed by atoms with E-state index in [1.54, 1.807) is 13.8 Å². The molecule has 3 amide bonds. The van der Waals surface area contributed by atoms with Crippen molar-refractivity contribution in [2.24, 2.45) is 0 Å². The maximum absolute atomic E-state index is 14.8. The maximum atomic E-state index is 14.8. The number of halogens is 3. The van der Waals surface area contributed by atoms with Crippen molar-refractivity contribution in [1.29, 1.82) is 0 Å². The van der Waals surface area contributed by atoms with E-state index in [0.717, 1.165) is 18.6 Å². The number of rotatable bonds is 6. The lowest BCUT2D eigenvalue weighted by Gasteiger charge is -2.24. The van der Waals surface area contributed by atoms with Crippen LogP contribution in [0.5, 0.6) is 5.75 Å². The van der Waals surface area contributed by atoms with Crippen molar-refractivity contribution in [2.45, 2.75) is 38.8 Å². The van der Waals surface area contributed by atoms with Gasteiger partial charge < -0.3 is 25.4 Å². The van der Waals surface area contributed by atoms with Gasteiger partial charge in [0.25, 0.3) is 5.91 Å². The van der Waals surface area contributed by atoms with Gasteiger partial charge in [0.2, 0.25) is 0 Å². The average molecular weight is 468 g/mol. The van der Waals surface area contributed by atoms with E-state index in [-0.39, 0.29) is 46.5 Å². The van der Waals surface area contributed by atoms with E-state index in [1.165, 1.54) is 23.1 Å². The number of anilines is 2. The number of ether oxygens (including phenoxy) is 1. The number of para-hydroxylation sites is 1. The van der Waals surface area contributed by atoms with Crippen molar-refractivity contribution < 1.29 is 28.2 Å². The molecule has 0 aliphatic carbocycles. The fourth-order valence-corrected chi connectivity index (χ4v) is 3.67. The predicted molar refractivity (Wildman–Crippen MR) is 117 cm³/mol.